The normalized spacial score (nSPS) is 22.8. The predicted octanol–water partition coefficient (Wildman–Crippen LogP) is 5.34. The lowest BCUT2D eigenvalue weighted by molar-refractivity contribution is -0.118. The van der Waals surface area contributed by atoms with Crippen LogP contribution < -0.4 is 10.1 Å². The SMILES string of the molecule is COc1ccc2c(c1)C1(C[C@H]1c1ccc3c(/C=C/c4ccc(CN5CCCOCC5)cc4)n[nH]c3c1)C(=O)N2. The number of carbonyl (C=O) groups is 1. The van der Waals surface area contributed by atoms with Gasteiger partial charge >= 0.3 is 0 Å². The maximum atomic E-state index is 13.0. The fourth-order valence-corrected chi connectivity index (χ4v) is 6.22. The second-order valence-electron chi connectivity index (χ2n) is 10.8. The quantitative estimate of drug-likeness (QED) is 0.359. The van der Waals surface area contributed by atoms with Crippen molar-refractivity contribution in [3.05, 3.63) is 88.6 Å². The summed E-state index contributed by atoms with van der Waals surface area (Å²) in [6.07, 6.45) is 6.06. The second-order valence-corrected chi connectivity index (χ2v) is 10.8. The highest BCUT2D eigenvalue weighted by molar-refractivity contribution is 6.10. The summed E-state index contributed by atoms with van der Waals surface area (Å²) >= 11 is 0. The molecule has 4 aromatic rings. The van der Waals surface area contributed by atoms with Crippen molar-refractivity contribution >= 4 is 34.6 Å². The molecule has 2 N–H and O–H groups in total. The fourth-order valence-electron chi connectivity index (χ4n) is 6.22. The molecule has 198 valence electrons. The standard InChI is InChI=1S/C32H32N4O3/c1-38-24-9-12-29-26(18-24)32(31(37)33-29)19-27(32)23-8-10-25-28(34-35-30(25)17-23)11-7-21-3-5-22(6-4-21)20-36-13-2-15-39-16-14-36/h3-12,17-18,27H,2,13-16,19-20H2,1H3,(H,33,37)(H,34,35)/b11-7+/t27-,32?/m0/s1. The second kappa shape index (κ2) is 9.67. The number of nitrogens with zero attached hydrogens (tertiary/aromatic N) is 2. The highest BCUT2D eigenvalue weighted by atomic mass is 16.5. The lowest BCUT2D eigenvalue weighted by Gasteiger charge is -2.19. The van der Waals surface area contributed by atoms with Crippen molar-refractivity contribution in [2.45, 2.75) is 30.7 Å². The molecular formula is C32H32N4O3. The number of ether oxygens (including phenoxy) is 2. The zero-order chi connectivity index (χ0) is 26.4. The minimum Gasteiger partial charge on any atom is -0.497 e. The number of fused-ring (bicyclic) bond motifs is 3. The Hall–Kier alpha value is -3.94. The van der Waals surface area contributed by atoms with E-state index < -0.39 is 5.41 Å². The number of rotatable bonds is 6. The lowest BCUT2D eigenvalue weighted by atomic mass is 9.91. The van der Waals surface area contributed by atoms with Gasteiger partial charge in [-0.15, -0.1) is 0 Å². The van der Waals surface area contributed by atoms with Gasteiger partial charge in [-0.1, -0.05) is 42.5 Å². The molecule has 3 heterocycles. The van der Waals surface area contributed by atoms with Crippen LogP contribution in [0.25, 0.3) is 23.1 Å². The van der Waals surface area contributed by atoms with Crippen molar-refractivity contribution < 1.29 is 14.3 Å². The summed E-state index contributed by atoms with van der Waals surface area (Å²) in [7, 11) is 1.66. The van der Waals surface area contributed by atoms with Crippen LogP contribution in [0.5, 0.6) is 5.75 Å². The number of H-pyrrole nitrogens is 1. The van der Waals surface area contributed by atoms with Gasteiger partial charge in [-0.2, -0.15) is 5.10 Å². The van der Waals surface area contributed by atoms with Crippen LogP contribution in [-0.2, 0) is 21.5 Å². The monoisotopic (exact) mass is 520 g/mol. The van der Waals surface area contributed by atoms with Crippen LogP contribution in [-0.4, -0.2) is 54.4 Å². The average molecular weight is 521 g/mol. The molecule has 3 aliphatic rings. The summed E-state index contributed by atoms with van der Waals surface area (Å²) in [6, 6.07) is 21.0. The molecule has 39 heavy (non-hydrogen) atoms. The van der Waals surface area contributed by atoms with E-state index in [0.29, 0.717) is 0 Å². The molecule has 7 rings (SSSR count). The number of hydrogen-bond acceptors (Lipinski definition) is 5. The molecule has 2 aliphatic heterocycles. The van der Waals surface area contributed by atoms with E-state index in [2.05, 4.69) is 75.0 Å². The Bertz CT molecular complexity index is 1570. The van der Waals surface area contributed by atoms with Gasteiger partial charge in [-0.05, 0) is 65.4 Å². The molecule has 7 nitrogen and oxygen atoms in total. The maximum absolute atomic E-state index is 13.0. The summed E-state index contributed by atoms with van der Waals surface area (Å²) in [5.41, 5.74) is 6.93. The molecule has 7 heteroatoms. The van der Waals surface area contributed by atoms with Crippen LogP contribution in [0, 0.1) is 0 Å². The molecule has 3 aromatic carbocycles. The van der Waals surface area contributed by atoms with Gasteiger partial charge in [0.25, 0.3) is 0 Å². The minimum absolute atomic E-state index is 0.0792. The van der Waals surface area contributed by atoms with Gasteiger partial charge in [-0.3, -0.25) is 14.8 Å². The first-order chi connectivity index (χ1) is 19.1. The Morgan fingerprint density at radius 1 is 1.08 bits per heavy atom. The van der Waals surface area contributed by atoms with Crippen molar-refractivity contribution in [1.82, 2.24) is 15.1 Å². The zero-order valence-corrected chi connectivity index (χ0v) is 22.1. The predicted molar refractivity (Wildman–Crippen MR) is 153 cm³/mol. The Kier molecular flexibility index (Phi) is 5.98. The summed E-state index contributed by atoms with van der Waals surface area (Å²) in [4.78, 5) is 15.5. The number of aromatic amines is 1. The zero-order valence-electron chi connectivity index (χ0n) is 22.1. The van der Waals surface area contributed by atoms with Gasteiger partial charge in [0.1, 0.15) is 5.75 Å². The van der Waals surface area contributed by atoms with Crippen LogP contribution >= 0.6 is 0 Å². The van der Waals surface area contributed by atoms with Crippen molar-refractivity contribution in [2.24, 2.45) is 0 Å². The number of carbonyl (C=O) groups excluding carboxylic acids is 1. The topological polar surface area (TPSA) is 79.5 Å². The van der Waals surface area contributed by atoms with E-state index in [1.54, 1.807) is 7.11 Å². The summed E-state index contributed by atoms with van der Waals surface area (Å²) in [5, 5.41) is 11.9. The molecule has 1 saturated heterocycles. The summed E-state index contributed by atoms with van der Waals surface area (Å²) < 4.78 is 11.0. The molecular weight excluding hydrogens is 488 g/mol. The van der Waals surface area contributed by atoms with Gasteiger partial charge in [-0.25, -0.2) is 0 Å². The molecule has 1 unspecified atom stereocenters. The van der Waals surface area contributed by atoms with Gasteiger partial charge in [0.15, 0.2) is 0 Å². The molecule has 0 bridgehead atoms. The van der Waals surface area contributed by atoms with E-state index >= 15 is 0 Å². The van der Waals surface area contributed by atoms with Crippen LogP contribution in [0.3, 0.4) is 0 Å². The van der Waals surface area contributed by atoms with E-state index in [9.17, 15) is 4.79 Å². The Labute approximate surface area is 227 Å². The van der Waals surface area contributed by atoms with Crippen LogP contribution in [0.15, 0.2) is 60.7 Å². The summed E-state index contributed by atoms with van der Waals surface area (Å²) in [6.45, 7) is 4.73. The van der Waals surface area contributed by atoms with E-state index in [1.807, 2.05) is 18.2 Å². The number of nitrogens with one attached hydrogen (secondary N) is 2. The lowest BCUT2D eigenvalue weighted by Crippen LogP contribution is -2.25. The molecule has 0 radical (unpaired) electrons. The molecule has 1 aliphatic carbocycles. The van der Waals surface area contributed by atoms with Crippen molar-refractivity contribution in [3.8, 4) is 5.75 Å². The van der Waals surface area contributed by atoms with E-state index in [1.165, 1.54) is 5.56 Å². The number of amides is 1. The molecule has 2 atom stereocenters. The number of aromatic nitrogens is 2. The van der Waals surface area contributed by atoms with E-state index in [0.717, 1.165) is 90.4 Å². The first-order valence-corrected chi connectivity index (χ1v) is 13.7. The summed E-state index contributed by atoms with van der Waals surface area (Å²) in [5.74, 6) is 0.992. The molecule has 1 aromatic heterocycles. The third-order valence-corrected chi connectivity index (χ3v) is 8.47. The fraction of sp³-hybridized carbons (Fsp3) is 0.312. The number of methoxy groups -OCH3 is 1. The van der Waals surface area contributed by atoms with Gasteiger partial charge in [0, 0.05) is 43.2 Å². The third kappa shape index (κ3) is 4.32. The first kappa shape index (κ1) is 24.1. The number of benzene rings is 3. The Morgan fingerprint density at radius 3 is 2.85 bits per heavy atom. The van der Waals surface area contributed by atoms with Crippen molar-refractivity contribution in [1.29, 1.82) is 0 Å². The van der Waals surface area contributed by atoms with Crippen LogP contribution in [0.4, 0.5) is 5.69 Å². The smallest absolute Gasteiger partial charge is 0.235 e. The molecule has 1 spiro atoms. The van der Waals surface area contributed by atoms with E-state index in [-0.39, 0.29) is 11.8 Å². The first-order valence-electron chi connectivity index (χ1n) is 13.7. The molecule has 1 amide bonds. The highest BCUT2D eigenvalue weighted by Gasteiger charge is 2.65. The average Bonchev–Trinajstić information content (AvgIpc) is 3.60. The van der Waals surface area contributed by atoms with Crippen molar-refractivity contribution in [3.63, 3.8) is 0 Å². The highest BCUT2D eigenvalue weighted by Crippen LogP contribution is 2.65. The maximum Gasteiger partial charge on any atom is 0.235 e. The molecule has 1 saturated carbocycles. The third-order valence-electron chi connectivity index (χ3n) is 8.47. The minimum atomic E-state index is -0.506. The number of anilines is 1. The number of hydrogen-bond donors (Lipinski definition) is 2. The van der Waals surface area contributed by atoms with Crippen molar-refractivity contribution in [2.75, 3.05) is 38.7 Å². The van der Waals surface area contributed by atoms with Crippen LogP contribution in [0.1, 0.15) is 46.7 Å². The van der Waals surface area contributed by atoms with Gasteiger partial charge in [0.05, 0.1) is 30.3 Å². The van der Waals surface area contributed by atoms with Gasteiger partial charge < -0.3 is 14.8 Å². The van der Waals surface area contributed by atoms with Gasteiger partial charge in [0.2, 0.25) is 5.91 Å². The largest absolute Gasteiger partial charge is 0.497 e. The Balaban J connectivity index is 1.07. The van der Waals surface area contributed by atoms with Crippen LogP contribution in [0.2, 0.25) is 0 Å². The Morgan fingerprint density at radius 2 is 1.97 bits per heavy atom. The molecule has 2 fully saturated rings. The van der Waals surface area contributed by atoms with E-state index in [4.69, 9.17) is 9.47 Å².